The van der Waals surface area contributed by atoms with Crippen molar-refractivity contribution in [3.8, 4) is 5.75 Å². The molecular formula is C12H18BrNO. The normalized spacial score (nSPS) is 10.3. The third-order valence-corrected chi connectivity index (χ3v) is 2.97. The van der Waals surface area contributed by atoms with Crippen LogP contribution in [0.4, 0.5) is 0 Å². The van der Waals surface area contributed by atoms with E-state index in [4.69, 9.17) is 10.5 Å². The van der Waals surface area contributed by atoms with E-state index < -0.39 is 0 Å². The van der Waals surface area contributed by atoms with Crippen LogP contribution < -0.4 is 10.5 Å². The summed E-state index contributed by atoms with van der Waals surface area (Å²) in [6, 6.07) is 6.07. The van der Waals surface area contributed by atoms with E-state index in [1.54, 1.807) is 0 Å². The highest BCUT2D eigenvalue weighted by Gasteiger charge is 2.01. The third-order valence-electron chi connectivity index (χ3n) is 2.20. The smallest absolute Gasteiger partial charge is 0.119 e. The standard InChI is InChI=1S/C12H18BrNO/c1-2-3-8-15-11-4-5-12(13)10(9-11)6-7-14/h4-5,9H,2-3,6-8,14H2,1H3. The Labute approximate surface area is 99.9 Å². The first kappa shape index (κ1) is 12.5. The molecule has 0 aliphatic heterocycles. The van der Waals surface area contributed by atoms with Gasteiger partial charge in [-0.2, -0.15) is 0 Å². The van der Waals surface area contributed by atoms with Gasteiger partial charge in [-0.15, -0.1) is 0 Å². The van der Waals surface area contributed by atoms with Crippen molar-refractivity contribution in [2.45, 2.75) is 26.2 Å². The second-order valence-corrected chi connectivity index (χ2v) is 4.35. The monoisotopic (exact) mass is 271 g/mol. The summed E-state index contributed by atoms with van der Waals surface area (Å²) in [6.07, 6.45) is 3.14. The van der Waals surface area contributed by atoms with Crippen molar-refractivity contribution >= 4 is 15.9 Å². The second kappa shape index (κ2) is 6.85. The Bertz CT molecular complexity index is 302. The van der Waals surface area contributed by atoms with E-state index in [1.807, 2.05) is 12.1 Å². The van der Waals surface area contributed by atoms with Crippen LogP contribution in [0.2, 0.25) is 0 Å². The minimum absolute atomic E-state index is 0.664. The van der Waals surface area contributed by atoms with Crippen LogP contribution in [0.15, 0.2) is 22.7 Å². The topological polar surface area (TPSA) is 35.2 Å². The Morgan fingerprint density at radius 2 is 2.20 bits per heavy atom. The van der Waals surface area contributed by atoms with Crippen LogP contribution in [0.1, 0.15) is 25.3 Å². The van der Waals surface area contributed by atoms with E-state index in [-0.39, 0.29) is 0 Å². The van der Waals surface area contributed by atoms with Crippen molar-refractivity contribution in [2.75, 3.05) is 13.2 Å². The van der Waals surface area contributed by atoms with Crippen molar-refractivity contribution in [3.05, 3.63) is 28.2 Å². The number of hydrogen-bond donors (Lipinski definition) is 1. The van der Waals surface area contributed by atoms with Gasteiger partial charge in [-0.25, -0.2) is 0 Å². The van der Waals surface area contributed by atoms with Gasteiger partial charge in [-0.3, -0.25) is 0 Å². The van der Waals surface area contributed by atoms with Gasteiger partial charge in [0.05, 0.1) is 6.61 Å². The summed E-state index contributed by atoms with van der Waals surface area (Å²) in [5.41, 5.74) is 6.75. The zero-order valence-electron chi connectivity index (χ0n) is 9.13. The van der Waals surface area contributed by atoms with Crippen LogP contribution in [0.5, 0.6) is 5.75 Å². The Hall–Kier alpha value is -0.540. The predicted octanol–water partition coefficient (Wildman–Crippen LogP) is 3.13. The molecule has 0 aliphatic rings. The van der Waals surface area contributed by atoms with E-state index >= 15 is 0 Å². The van der Waals surface area contributed by atoms with Crippen LogP contribution in [0.25, 0.3) is 0 Å². The molecule has 2 nitrogen and oxygen atoms in total. The van der Waals surface area contributed by atoms with Gasteiger partial charge in [0.25, 0.3) is 0 Å². The summed E-state index contributed by atoms with van der Waals surface area (Å²) in [4.78, 5) is 0. The molecule has 0 fully saturated rings. The van der Waals surface area contributed by atoms with Crippen molar-refractivity contribution in [1.29, 1.82) is 0 Å². The molecule has 0 atom stereocenters. The Morgan fingerprint density at radius 1 is 1.40 bits per heavy atom. The molecule has 0 saturated carbocycles. The molecule has 0 aromatic heterocycles. The number of hydrogen-bond acceptors (Lipinski definition) is 2. The number of halogens is 1. The molecule has 1 rings (SSSR count). The van der Waals surface area contributed by atoms with Gasteiger partial charge in [-0.1, -0.05) is 29.3 Å². The van der Waals surface area contributed by atoms with Crippen molar-refractivity contribution in [1.82, 2.24) is 0 Å². The van der Waals surface area contributed by atoms with Crippen molar-refractivity contribution in [2.24, 2.45) is 5.73 Å². The molecule has 0 radical (unpaired) electrons. The van der Waals surface area contributed by atoms with E-state index in [0.29, 0.717) is 6.54 Å². The highest BCUT2D eigenvalue weighted by atomic mass is 79.9. The van der Waals surface area contributed by atoms with Gasteiger partial charge < -0.3 is 10.5 Å². The van der Waals surface area contributed by atoms with E-state index in [1.165, 1.54) is 5.56 Å². The molecular weight excluding hydrogens is 254 g/mol. The zero-order valence-corrected chi connectivity index (χ0v) is 10.7. The molecule has 0 spiro atoms. The summed E-state index contributed by atoms with van der Waals surface area (Å²) >= 11 is 3.50. The van der Waals surface area contributed by atoms with E-state index in [0.717, 1.165) is 36.1 Å². The highest BCUT2D eigenvalue weighted by molar-refractivity contribution is 9.10. The van der Waals surface area contributed by atoms with Gasteiger partial charge in [0.15, 0.2) is 0 Å². The fraction of sp³-hybridized carbons (Fsp3) is 0.500. The average Bonchev–Trinajstić information content (AvgIpc) is 2.23. The second-order valence-electron chi connectivity index (χ2n) is 3.49. The lowest BCUT2D eigenvalue weighted by atomic mass is 10.1. The molecule has 0 heterocycles. The zero-order chi connectivity index (χ0) is 11.1. The molecule has 2 N–H and O–H groups in total. The van der Waals surface area contributed by atoms with Crippen molar-refractivity contribution in [3.63, 3.8) is 0 Å². The molecule has 0 unspecified atom stereocenters. The summed E-state index contributed by atoms with van der Waals surface area (Å²) in [5, 5.41) is 0. The van der Waals surface area contributed by atoms with Gasteiger partial charge in [0, 0.05) is 4.47 Å². The SMILES string of the molecule is CCCCOc1ccc(Br)c(CCN)c1. The van der Waals surface area contributed by atoms with Crippen molar-refractivity contribution < 1.29 is 4.74 Å². The van der Waals surface area contributed by atoms with Gasteiger partial charge in [-0.05, 0) is 43.1 Å². The first-order valence-electron chi connectivity index (χ1n) is 5.39. The molecule has 0 amide bonds. The molecule has 0 saturated heterocycles. The fourth-order valence-electron chi connectivity index (χ4n) is 1.32. The maximum absolute atomic E-state index is 5.63. The summed E-state index contributed by atoms with van der Waals surface area (Å²) in [6.45, 7) is 3.61. The predicted molar refractivity (Wildman–Crippen MR) is 67.3 cm³/mol. The Morgan fingerprint density at radius 3 is 2.87 bits per heavy atom. The summed E-state index contributed by atoms with van der Waals surface area (Å²) in [5.74, 6) is 0.940. The van der Waals surface area contributed by atoms with Crippen LogP contribution in [0.3, 0.4) is 0 Å². The summed E-state index contributed by atoms with van der Waals surface area (Å²) < 4.78 is 6.73. The van der Waals surface area contributed by atoms with Gasteiger partial charge in [0.2, 0.25) is 0 Å². The van der Waals surface area contributed by atoms with Crippen LogP contribution in [-0.4, -0.2) is 13.2 Å². The maximum Gasteiger partial charge on any atom is 0.119 e. The summed E-state index contributed by atoms with van der Waals surface area (Å²) in [7, 11) is 0. The minimum Gasteiger partial charge on any atom is -0.494 e. The maximum atomic E-state index is 5.63. The first-order valence-corrected chi connectivity index (χ1v) is 6.18. The molecule has 3 heteroatoms. The third kappa shape index (κ3) is 4.22. The van der Waals surface area contributed by atoms with Crippen LogP contribution in [-0.2, 0) is 6.42 Å². The van der Waals surface area contributed by atoms with E-state index in [9.17, 15) is 0 Å². The van der Waals surface area contributed by atoms with E-state index in [2.05, 4.69) is 28.9 Å². The Kier molecular flexibility index (Phi) is 5.73. The van der Waals surface area contributed by atoms with Gasteiger partial charge >= 0.3 is 0 Å². The quantitative estimate of drug-likeness (QED) is 0.807. The number of benzene rings is 1. The Balaban J connectivity index is 2.61. The molecule has 0 bridgehead atoms. The first-order chi connectivity index (χ1) is 7.27. The highest BCUT2D eigenvalue weighted by Crippen LogP contribution is 2.23. The lowest BCUT2D eigenvalue weighted by molar-refractivity contribution is 0.309. The molecule has 1 aromatic rings. The molecule has 15 heavy (non-hydrogen) atoms. The molecule has 1 aromatic carbocycles. The lowest BCUT2D eigenvalue weighted by Crippen LogP contribution is -2.04. The van der Waals surface area contributed by atoms with Crippen LogP contribution >= 0.6 is 15.9 Å². The number of ether oxygens (including phenoxy) is 1. The fourth-order valence-corrected chi connectivity index (χ4v) is 1.77. The number of unbranched alkanes of at least 4 members (excludes halogenated alkanes) is 1. The largest absolute Gasteiger partial charge is 0.494 e. The molecule has 0 aliphatic carbocycles. The van der Waals surface area contributed by atoms with Gasteiger partial charge in [0.1, 0.15) is 5.75 Å². The lowest BCUT2D eigenvalue weighted by Gasteiger charge is -2.08. The van der Waals surface area contributed by atoms with Crippen LogP contribution in [0, 0.1) is 0 Å². The number of rotatable bonds is 6. The molecule has 84 valence electrons. The minimum atomic E-state index is 0.664. The average molecular weight is 272 g/mol. The number of nitrogens with two attached hydrogens (primary N) is 1.